The van der Waals surface area contributed by atoms with E-state index >= 15 is 0 Å². The van der Waals surface area contributed by atoms with Crippen molar-refractivity contribution in [3.63, 3.8) is 0 Å². The molecule has 5 aromatic rings. The maximum absolute atomic E-state index is 14.2. The molecule has 9 heteroatoms. The van der Waals surface area contributed by atoms with E-state index in [4.69, 9.17) is 26.2 Å². The zero-order valence-electron chi connectivity index (χ0n) is 21.9. The highest BCUT2D eigenvalue weighted by Gasteiger charge is 2.29. The number of aromatic nitrogens is 2. The Morgan fingerprint density at radius 2 is 1.77 bits per heavy atom. The highest BCUT2D eigenvalue weighted by Crippen LogP contribution is 2.38. The summed E-state index contributed by atoms with van der Waals surface area (Å²) in [5, 5.41) is 10.4. The van der Waals surface area contributed by atoms with Crippen LogP contribution in [0.5, 0.6) is 11.5 Å². The van der Waals surface area contributed by atoms with Crippen molar-refractivity contribution < 1.29 is 17.9 Å². The van der Waals surface area contributed by atoms with Gasteiger partial charge in [0.05, 0.1) is 25.2 Å². The number of benzene rings is 4. The molecule has 1 aromatic heterocycles. The predicted molar refractivity (Wildman–Crippen MR) is 155 cm³/mol. The van der Waals surface area contributed by atoms with Crippen molar-refractivity contribution in [2.75, 3.05) is 26.8 Å². The first-order valence-electron chi connectivity index (χ1n) is 12.8. The molecular formula is C30H30ClN3O4S. The molecule has 0 aliphatic heterocycles. The Morgan fingerprint density at radius 3 is 2.56 bits per heavy atom. The lowest BCUT2D eigenvalue weighted by Gasteiger charge is -2.12. The molecule has 202 valence electrons. The third kappa shape index (κ3) is 5.59. The maximum atomic E-state index is 14.2. The van der Waals surface area contributed by atoms with Gasteiger partial charge in [0, 0.05) is 21.9 Å². The zero-order valence-corrected chi connectivity index (χ0v) is 23.4. The van der Waals surface area contributed by atoms with E-state index in [-0.39, 0.29) is 9.92 Å². The van der Waals surface area contributed by atoms with Gasteiger partial charge in [0.1, 0.15) is 17.0 Å². The van der Waals surface area contributed by atoms with E-state index in [1.165, 1.54) is 0 Å². The minimum Gasteiger partial charge on any atom is -0.497 e. The molecule has 0 radical (unpaired) electrons. The van der Waals surface area contributed by atoms with Crippen molar-refractivity contribution in [3.05, 3.63) is 89.4 Å². The van der Waals surface area contributed by atoms with Crippen LogP contribution in [0.4, 0.5) is 0 Å². The topological polar surface area (TPSA) is 82.4 Å². The van der Waals surface area contributed by atoms with Gasteiger partial charge in [0.2, 0.25) is 9.84 Å². The summed E-state index contributed by atoms with van der Waals surface area (Å²) < 4.78 is 41.9. The number of fused-ring (bicyclic) bond motifs is 2. The fourth-order valence-corrected chi connectivity index (χ4v) is 6.47. The van der Waals surface area contributed by atoms with Gasteiger partial charge in [-0.15, -0.1) is 0 Å². The van der Waals surface area contributed by atoms with Gasteiger partial charge in [0.15, 0.2) is 5.03 Å². The third-order valence-electron chi connectivity index (χ3n) is 6.50. The Morgan fingerprint density at radius 1 is 0.974 bits per heavy atom. The monoisotopic (exact) mass is 563 g/mol. The van der Waals surface area contributed by atoms with Crippen molar-refractivity contribution in [3.8, 4) is 11.5 Å². The van der Waals surface area contributed by atoms with E-state index in [2.05, 4.69) is 12.2 Å². The molecule has 0 saturated heterocycles. The van der Waals surface area contributed by atoms with Crippen molar-refractivity contribution in [2.24, 2.45) is 0 Å². The van der Waals surface area contributed by atoms with Gasteiger partial charge in [-0.25, -0.2) is 8.42 Å². The van der Waals surface area contributed by atoms with Crippen LogP contribution >= 0.6 is 11.6 Å². The van der Waals surface area contributed by atoms with Crippen molar-refractivity contribution in [1.82, 2.24) is 15.1 Å². The number of rotatable bonds is 11. The summed E-state index contributed by atoms with van der Waals surface area (Å²) >= 11 is 6.25. The van der Waals surface area contributed by atoms with Crippen LogP contribution < -0.4 is 14.8 Å². The van der Waals surface area contributed by atoms with Gasteiger partial charge in [0.25, 0.3) is 0 Å². The smallest absolute Gasteiger partial charge is 0.226 e. The van der Waals surface area contributed by atoms with E-state index in [0.29, 0.717) is 46.0 Å². The molecule has 0 bridgehead atoms. The molecule has 39 heavy (non-hydrogen) atoms. The van der Waals surface area contributed by atoms with E-state index in [1.807, 2.05) is 48.5 Å². The van der Waals surface area contributed by atoms with Crippen molar-refractivity contribution in [1.29, 1.82) is 0 Å². The molecule has 1 heterocycles. The summed E-state index contributed by atoms with van der Waals surface area (Å²) in [7, 11) is -2.48. The van der Waals surface area contributed by atoms with Crippen LogP contribution in [-0.2, 0) is 16.4 Å². The van der Waals surface area contributed by atoms with Crippen molar-refractivity contribution >= 4 is 43.1 Å². The third-order valence-corrected chi connectivity index (χ3v) is 8.49. The average Bonchev–Trinajstić information content (AvgIpc) is 3.31. The fraction of sp³-hybridized carbons (Fsp3) is 0.233. The number of halogens is 1. The summed E-state index contributed by atoms with van der Waals surface area (Å²) in [6.07, 6.45) is 0.788. The molecule has 0 unspecified atom stereocenters. The van der Waals surface area contributed by atoms with E-state index in [1.54, 1.807) is 42.1 Å². The lowest BCUT2D eigenvalue weighted by atomic mass is 10.1. The molecule has 0 aliphatic rings. The normalized spacial score (nSPS) is 11.8. The van der Waals surface area contributed by atoms with E-state index in [9.17, 15) is 8.42 Å². The first-order chi connectivity index (χ1) is 18.9. The second kappa shape index (κ2) is 11.7. The number of hydrogen-bond donors (Lipinski definition) is 1. The molecule has 0 atom stereocenters. The molecule has 4 aromatic carbocycles. The molecule has 7 nitrogen and oxygen atoms in total. The molecule has 0 amide bonds. The van der Waals surface area contributed by atoms with Gasteiger partial charge in [-0.1, -0.05) is 67.1 Å². The van der Waals surface area contributed by atoms with Gasteiger partial charge in [-0.05, 0) is 54.7 Å². The Kier molecular flexibility index (Phi) is 8.07. The Bertz CT molecular complexity index is 1730. The first kappa shape index (κ1) is 27.0. The van der Waals surface area contributed by atoms with Crippen LogP contribution in [0.2, 0.25) is 5.02 Å². The molecule has 0 saturated carbocycles. The minimum absolute atomic E-state index is 0.0488. The van der Waals surface area contributed by atoms with Crippen LogP contribution in [0.25, 0.3) is 21.7 Å². The summed E-state index contributed by atoms with van der Waals surface area (Å²) in [6.45, 7) is 4.50. The van der Waals surface area contributed by atoms with Gasteiger partial charge in [-0.3, -0.25) is 4.68 Å². The lowest BCUT2D eigenvalue weighted by Crippen LogP contribution is -2.16. The Balaban J connectivity index is 1.70. The van der Waals surface area contributed by atoms with E-state index in [0.717, 1.165) is 30.5 Å². The SMILES string of the molecule is CCNCCCOc1cc(OC)cc2c(S(=O)(=O)c3cccc4ccccc34)nn(Cc3cccc(Cl)c3)c12. The summed E-state index contributed by atoms with van der Waals surface area (Å²) in [4.78, 5) is 0.200. The fourth-order valence-electron chi connectivity index (χ4n) is 4.66. The Labute approximate surface area is 233 Å². The van der Waals surface area contributed by atoms with Crippen LogP contribution in [0.15, 0.2) is 88.8 Å². The summed E-state index contributed by atoms with van der Waals surface area (Å²) in [5.74, 6) is 0.996. The van der Waals surface area contributed by atoms with Gasteiger partial charge >= 0.3 is 0 Å². The Hall–Kier alpha value is -3.59. The van der Waals surface area contributed by atoms with Crippen LogP contribution in [0.1, 0.15) is 18.9 Å². The molecule has 5 rings (SSSR count). The maximum Gasteiger partial charge on any atom is 0.226 e. The van der Waals surface area contributed by atoms with Crippen molar-refractivity contribution in [2.45, 2.75) is 29.8 Å². The van der Waals surface area contributed by atoms with Gasteiger partial charge < -0.3 is 14.8 Å². The molecule has 0 aliphatic carbocycles. The number of methoxy groups -OCH3 is 1. The second-order valence-electron chi connectivity index (χ2n) is 9.15. The number of nitrogens with zero attached hydrogens (tertiary/aromatic N) is 2. The number of hydrogen-bond acceptors (Lipinski definition) is 6. The van der Waals surface area contributed by atoms with Crippen LogP contribution in [0.3, 0.4) is 0 Å². The van der Waals surface area contributed by atoms with Crippen LogP contribution in [0, 0.1) is 0 Å². The minimum atomic E-state index is -4.03. The summed E-state index contributed by atoms with van der Waals surface area (Å²) in [5.41, 5.74) is 1.47. The predicted octanol–water partition coefficient (Wildman–Crippen LogP) is 6.11. The first-order valence-corrected chi connectivity index (χ1v) is 14.7. The standard InChI is InChI=1S/C30H30ClN3O4S/c1-3-32-15-8-16-38-27-19-24(37-2)18-26-29(27)34(20-21-9-6-12-23(31)17-21)33-30(26)39(35,36)28-14-7-11-22-10-4-5-13-25(22)28/h4-7,9-14,17-19,32H,3,8,15-16,20H2,1-2H3. The second-order valence-corrected chi connectivity index (χ2v) is 11.4. The molecular weight excluding hydrogens is 534 g/mol. The molecule has 0 spiro atoms. The van der Waals surface area contributed by atoms with Crippen LogP contribution in [-0.4, -0.2) is 45.0 Å². The highest BCUT2D eigenvalue weighted by molar-refractivity contribution is 7.91. The van der Waals surface area contributed by atoms with Gasteiger partial charge in [-0.2, -0.15) is 5.10 Å². The van der Waals surface area contributed by atoms with E-state index < -0.39 is 9.84 Å². The molecule has 1 N–H and O–H groups in total. The number of sulfone groups is 1. The summed E-state index contributed by atoms with van der Waals surface area (Å²) in [6, 6.07) is 23.6. The molecule has 0 fully saturated rings. The number of nitrogens with one attached hydrogen (secondary N) is 1. The quantitative estimate of drug-likeness (QED) is 0.195. The largest absolute Gasteiger partial charge is 0.497 e. The number of ether oxygens (including phenoxy) is 2. The zero-order chi connectivity index (χ0) is 27.4. The average molecular weight is 564 g/mol. The highest BCUT2D eigenvalue weighted by atomic mass is 35.5. The lowest BCUT2D eigenvalue weighted by molar-refractivity contribution is 0.308.